The lowest BCUT2D eigenvalue weighted by atomic mass is 9.81. The fourth-order valence-electron chi connectivity index (χ4n) is 2.83. The maximum absolute atomic E-state index is 12.6. The van der Waals surface area contributed by atoms with E-state index in [2.05, 4.69) is 18.2 Å². The normalized spacial score (nSPS) is 16.2. The molecule has 2 nitrogen and oxygen atoms in total. The Morgan fingerprint density at radius 3 is 2.52 bits per heavy atom. The molecule has 2 heteroatoms. The first kappa shape index (κ1) is 13.9. The van der Waals surface area contributed by atoms with Gasteiger partial charge in [0.25, 0.3) is 0 Å². The molecule has 1 heterocycles. The zero-order valence-electron chi connectivity index (χ0n) is 12.8. The van der Waals surface area contributed by atoms with Crippen LogP contribution < -0.4 is 4.74 Å². The fraction of sp³-hybridized carbons (Fsp3) is 0.316. The number of aryl methyl sites for hydroxylation is 1. The first-order valence-corrected chi connectivity index (χ1v) is 7.32. The largest absolute Gasteiger partial charge is 0.492 e. The molecule has 1 aliphatic rings. The first-order chi connectivity index (χ1) is 9.97. The topological polar surface area (TPSA) is 26.3 Å². The summed E-state index contributed by atoms with van der Waals surface area (Å²) in [6, 6.07) is 14.4. The maximum Gasteiger partial charge on any atom is 0.175 e. The van der Waals surface area contributed by atoms with Gasteiger partial charge in [0.1, 0.15) is 12.4 Å². The molecule has 0 unspecified atom stereocenters. The summed E-state index contributed by atoms with van der Waals surface area (Å²) in [6.07, 6.45) is 0.836. The number of fused-ring (bicyclic) bond motifs is 1. The lowest BCUT2D eigenvalue weighted by Crippen LogP contribution is -2.36. The van der Waals surface area contributed by atoms with E-state index in [4.69, 9.17) is 4.74 Å². The van der Waals surface area contributed by atoms with Gasteiger partial charge in [0.05, 0.1) is 11.0 Å². The molecular formula is C19H20O2. The van der Waals surface area contributed by atoms with Gasteiger partial charge in [0.2, 0.25) is 0 Å². The van der Waals surface area contributed by atoms with Crippen molar-refractivity contribution in [3.63, 3.8) is 0 Å². The highest BCUT2D eigenvalue weighted by atomic mass is 16.5. The van der Waals surface area contributed by atoms with Crippen LogP contribution in [0.1, 0.15) is 40.9 Å². The van der Waals surface area contributed by atoms with Gasteiger partial charge in [-0.15, -0.1) is 0 Å². The molecule has 0 fully saturated rings. The maximum atomic E-state index is 12.6. The summed E-state index contributed by atoms with van der Waals surface area (Å²) in [5.74, 6) is 0.942. The van der Waals surface area contributed by atoms with E-state index in [0.29, 0.717) is 6.61 Å². The highest BCUT2D eigenvalue weighted by molar-refractivity contribution is 6.03. The van der Waals surface area contributed by atoms with Crippen LogP contribution in [0.15, 0.2) is 42.5 Å². The SMILES string of the molecule is Cc1cc(Cc2ccccc2)cc2c1OCC(C)(C)C2=O. The Labute approximate surface area is 125 Å². The number of hydrogen-bond donors (Lipinski definition) is 0. The number of hydrogen-bond acceptors (Lipinski definition) is 2. The van der Waals surface area contributed by atoms with Crippen LogP contribution in [-0.4, -0.2) is 12.4 Å². The van der Waals surface area contributed by atoms with E-state index in [-0.39, 0.29) is 5.78 Å². The van der Waals surface area contributed by atoms with Crippen molar-refractivity contribution in [2.75, 3.05) is 6.61 Å². The molecule has 0 amide bonds. The second-order valence-electron chi connectivity index (χ2n) is 6.45. The molecule has 0 N–H and O–H groups in total. The lowest BCUT2D eigenvalue weighted by molar-refractivity contribution is 0.0690. The van der Waals surface area contributed by atoms with Gasteiger partial charge in [-0.2, -0.15) is 0 Å². The molecule has 0 bridgehead atoms. The van der Waals surface area contributed by atoms with E-state index in [9.17, 15) is 4.79 Å². The van der Waals surface area contributed by atoms with Gasteiger partial charge >= 0.3 is 0 Å². The van der Waals surface area contributed by atoms with Gasteiger partial charge in [-0.1, -0.05) is 36.4 Å². The Morgan fingerprint density at radius 1 is 1.10 bits per heavy atom. The van der Waals surface area contributed by atoms with E-state index >= 15 is 0 Å². The summed E-state index contributed by atoms with van der Waals surface area (Å²) in [4.78, 5) is 12.6. The highest BCUT2D eigenvalue weighted by Gasteiger charge is 2.36. The van der Waals surface area contributed by atoms with Crippen molar-refractivity contribution in [3.05, 3.63) is 64.7 Å². The fourth-order valence-corrected chi connectivity index (χ4v) is 2.83. The molecule has 0 aliphatic carbocycles. The summed E-state index contributed by atoms with van der Waals surface area (Å²) in [5.41, 5.74) is 3.75. The molecular weight excluding hydrogens is 260 g/mol. The van der Waals surface area contributed by atoms with Crippen LogP contribution in [0.2, 0.25) is 0 Å². The molecule has 0 spiro atoms. The Balaban J connectivity index is 2.01. The van der Waals surface area contributed by atoms with Crippen molar-refractivity contribution in [3.8, 4) is 5.75 Å². The van der Waals surface area contributed by atoms with E-state index in [1.807, 2.05) is 45.0 Å². The van der Waals surface area contributed by atoms with Gasteiger partial charge in [-0.3, -0.25) is 4.79 Å². The van der Waals surface area contributed by atoms with Crippen LogP contribution in [0.5, 0.6) is 5.75 Å². The Morgan fingerprint density at radius 2 is 1.81 bits per heavy atom. The van der Waals surface area contributed by atoms with Crippen molar-refractivity contribution < 1.29 is 9.53 Å². The third-order valence-electron chi connectivity index (χ3n) is 4.02. The van der Waals surface area contributed by atoms with Gasteiger partial charge in [0.15, 0.2) is 5.78 Å². The Kier molecular flexibility index (Phi) is 3.32. The molecule has 0 aromatic heterocycles. The third kappa shape index (κ3) is 2.58. The van der Waals surface area contributed by atoms with E-state index in [1.165, 1.54) is 5.56 Å². The average Bonchev–Trinajstić information content (AvgIpc) is 2.45. The molecule has 0 saturated carbocycles. The number of ketones is 1. The molecule has 2 aromatic carbocycles. The molecule has 0 radical (unpaired) electrons. The minimum Gasteiger partial charge on any atom is -0.492 e. The minimum absolute atomic E-state index is 0.182. The third-order valence-corrected chi connectivity index (χ3v) is 4.02. The number of Topliss-reactive ketones (excluding diaryl/α,β-unsaturated/α-hetero) is 1. The molecule has 108 valence electrons. The summed E-state index contributed by atoms with van der Waals surface area (Å²) >= 11 is 0. The van der Waals surface area contributed by atoms with Crippen molar-refractivity contribution in [2.45, 2.75) is 27.2 Å². The number of ether oxygens (including phenoxy) is 1. The van der Waals surface area contributed by atoms with Gasteiger partial charge in [-0.05, 0) is 49.9 Å². The van der Waals surface area contributed by atoms with Crippen molar-refractivity contribution in [1.82, 2.24) is 0 Å². The number of carbonyl (C=O) groups excluding carboxylic acids is 1. The van der Waals surface area contributed by atoms with E-state index in [0.717, 1.165) is 28.9 Å². The smallest absolute Gasteiger partial charge is 0.175 e. The predicted molar refractivity (Wildman–Crippen MR) is 84.0 cm³/mol. The van der Waals surface area contributed by atoms with Gasteiger partial charge in [-0.25, -0.2) is 0 Å². The van der Waals surface area contributed by atoms with E-state index < -0.39 is 5.41 Å². The average molecular weight is 280 g/mol. The van der Waals surface area contributed by atoms with Gasteiger partial charge in [0, 0.05) is 0 Å². The number of rotatable bonds is 2. The summed E-state index contributed by atoms with van der Waals surface area (Å²) in [6.45, 7) is 6.35. The summed E-state index contributed by atoms with van der Waals surface area (Å²) in [5, 5.41) is 0. The highest BCUT2D eigenvalue weighted by Crippen LogP contribution is 2.37. The standard InChI is InChI=1S/C19H20O2/c1-13-9-15(10-14-7-5-4-6-8-14)11-16-17(13)21-12-19(2,3)18(16)20/h4-9,11H,10,12H2,1-3H3. The first-order valence-electron chi connectivity index (χ1n) is 7.32. The summed E-state index contributed by atoms with van der Waals surface area (Å²) < 4.78 is 5.82. The zero-order chi connectivity index (χ0) is 15.0. The lowest BCUT2D eigenvalue weighted by Gasteiger charge is -2.31. The quantitative estimate of drug-likeness (QED) is 0.824. The second kappa shape index (κ2) is 5.03. The zero-order valence-corrected chi connectivity index (χ0v) is 12.8. The molecule has 0 saturated heterocycles. The molecule has 3 rings (SSSR count). The van der Waals surface area contributed by atoms with Crippen molar-refractivity contribution >= 4 is 5.78 Å². The van der Waals surface area contributed by atoms with Crippen LogP contribution in [0, 0.1) is 12.3 Å². The molecule has 0 atom stereocenters. The molecule has 1 aliphatic heterocycles. The van der Waals surface area contributed by atoms with Crippen LogP contribution in [0.25, 0.3) is 0 Å². The van der Waals surface area contributed by atoms with Crippen LogP contribution in [0.3, 0.4) is 0 Å². The monoisotopic (exact) mass is 280 g/mol. The van der Waals surface area contributed by atoms with E-state index in [1.54, 1.807) is 0 Å². The van der Waals surface area contributed by atoms with Gasteiger partial charge < -0.3 is 4.74 Å². The minimum atomic E-state index is -0.440. The molecule has 21 heavy (non-hydrogen) atoms. The van der Waals surface area contributed by atoms with Crippen LogP contribution in [-0.2, 0) is 6.42 Å². The Hall–Kier alpha value is -2.09. The van der Waals surface area contributed by atoms with Crippen molar-refractivity contribution in [2.24, 2.45) is 5.41 Å². The van der Waals surface area contributed by atoms with Crippen LogP contribution in [0.4, 0.5) is 0 Å². The number of carbonyl (C=O) groups is 1. The predicted octanol–water partition coefficient (Wildman–Crippen LogP) is 4.19. The number of benzene rings is 2. The van der Waals surface area contributed by atoms with Crippen LogP contribution >= 0.6 is 0 Å². The molecule has 2 aromatic rings. The second-order valence-corrected chi connectivity index (χ2v) is 6.45. The Bertz CT molecular complexity index is 684. The summed E-state index contributed by atoms with van der Waals surface area (Å²) in [7, 11) is 0. The van der Waals surface area contributed by atoms with Crippen molar-refractivity contribution in [1.29, 1.82) is 0 Å².